The van der Waals surface area contributed by atoms with Crippen molar-refractivity contribution in [2.45, 2.75) is 19.9 Å². The van der Waals surface area contributed by atoms with Gasteiger partial charge in [0.25, 0.3) is 0 Å². The predicted octanol–water partition coefficient (Wildman–Crippen LogP) is 4.32. The summed E-state index contributed by atoms with van der Waals surface area (Å²) in [5.41, 5.74) is 4.40. The number of fused-ring (bicyclic) bond motifs is 1. The van der Waals surface area contributed by atoms with E-state index in [0.717, 1.165) is 44.7 Å². The lowest BCUT2D eigenvalue weighted by molar-refractivity contribution is 0.0968. The number of Topliss-reactive ketones (excluding diaryl/α,β-unsaturated/α-hetero) is 1. The number of aromatic hydroxyl groups is 1. The van der Waals surface area contributed by atoms with E-state index in [4.69, 9.17) is 0 Å². The first-order valence-corrected chi connectivity index (χ1v) is 9.79. The maximum atomic E-state index is 12.4. The zero-order valence-electron chi connectivity index (χ0n) is 15.3. The van der Waals surface area contributed by atoms with Gasteiger partial charge in [0, 0.05) is 22.9 Å². The van der Waals surface area contributed by atoms with Crippen molar-refractivity contribution in [2.75, 3.05) is 0 Å². The molecule has 140 valence electrons. The molecule has 0 radical (unpaired) electrons. The number of carbonyl (C=O) groups excluding carboxylic acids is 1. The zero-order chi connectivity index (χ0) is 19.7. The van der Waals surface area contributed by atoms with E-state index in [-0.39, 0.29) is 23.1 Å². The highest BCUT2D eigenvalue weighted by Gasteiger charge is 2.19. The van der Waals surface area contributed by atoms with Gasteiger partial charge in [-0.3, -0.25) is 19.1 Å². The van der Waals surface area contributed by atoms with Gasteiger partial charge in [0.15, 0.2) is 5.78 Å². The molecule has 5 nitrogen and oxygen atoms in total. The molecule has 6 heteroatoms. The quantitative estimate of drug-likeness (QED) is 0.660. The van der Waals surface area contributed by atoms with E-state index in [1.165, 1.54) is 0 Å². The summed E-state index contributed by atoms with van der Waals surface area (Å²) in [6, 6.07) is 14.7. The summed E-state index contributed by atoms with van der Waals surface area (Å²) < 4.78 is 1.11. The summed E-state index contributed by atoms with van der Waals surface area (Å²) >= 11 is 0.917. The molecule has 0 spiro atoms. The Morgan fingerprint density at radius 1 is 1.18 bits per heavy atom. The number of carbonyl (C=O) groups is 1. The van der Waals surface area contributed by atoms with Gasteiger partial charge in [0.1, 0.15) is 0 Å². The number of aliphatic imine (C=N–C) groups is 1. The summed E-state index contributed by atoms with van der Waals surface area (Å²) in [5, 5.41) is 10.5. The minimum absolute atomic E-state index is 0.194. The second-order valence-electron chi connectivity index (χ2n) is 6.46. The van der Waals surface area contributed by atoms with Crippen LogP contribution in [0, 0.1) is 0 Å². The van der Waals surface area contributed by atoms with Gasteiger partial charge in [-0.05, 0) is 18.1 Å². The van der Waals surface area contributed by atoms with Crippen LogP contribution in [0.15, 0.2) is 58.3 Å². The molecule has 2 aromatic carbocycles. The van der Waals surface area contributed by atoms with E-state index >= 15 is 0 Å². The number of nitrogens with zero attached hydrogens (tertiary/aromatic N) is 2. The van der Waals surface area contributed by atoms with E-state index in [0.29, 0.717) is 10.4 Å². The van der Waals surface area contributed by atoms with Crippen molar-refractivity contribution in [3.63, 3.8) is 0 Å². The molecule has 1 aromatic heterocycles. The maximum Gasteiger partial charge on any atom is 0.311 e. The van der Waals surface area contributed by atoms with Crippen molar-refractivity contribution in [3.05, 3.63) is 79.8 Å². The highest BCUT2D eigenvalue weighted by atomic mass is 32.1. The number of hydrogen-bond donors (Lipinski definition) is 1. The fourth-order valence-electron chi connectivity index (χ4n) is 3.23. The number of hydrogen-bond acceptors (Lipinski definition) is 5. The highest BCUT2D eigenvalue weighted by molar-refractivity contribution is 7.10. The molecule has 28 heavy (non-hydrogen) atoms. The van der Waals surface area contributed by atoms with E-state index in [1.54, 1.807) is 36.6 Å². The van der Waals surface area contributed by atoms with Crippen LogP contribution in [0.3, 0.4) is 0 Å². The minimum atomic E-state index is -0.369. The van der Waals surface area contributed by atoms with Gasteiger partial charge in [-0.1, -0.05) is 66.8 Å². The fraction of sp³-hybridized carbons (Fsp3) is 0.136. The predicted molar refractivity (Wildman–Crippen MR) is 113 cm³/mol. The Hall–Kier alpha value is -3.25. The SMILES string of the molecule is CCc1cccc2c1N=CC2=Cc1sc(=O)n(CC(=O)c2ccccc2)c1O. The fourth-order valence-corrected chi connectivity index (χ4v) is 4.07. The zero-order valence-corrected chi connectivity index (χ0v) is 16.1. The Balaban J connectivity index is 1.67. The van der Waals surface area contributed by atoms with Crippen LogP contribution in [0.5, 0.6) is 5.88 Å². The smallest absolute Gasteiger partial charge is 0.311 e. The third-order valence-electron chi connectivity index (χ3n) is 4.72. The van der Waals surface area contributed by atoms with Crippen LogP contribution in [-0.4, -0.2) is 21.7 Å². The molecule has 0 unspecified atom stereocenters. The standard InChI is InChI=1S/C22H18N2O3S/c1-2-14-9-6-10-17-16(12-23-20(14)17)11-19-21(26)24(22(27)28-19)13-18(25)15-7-4-3-5-8-15/h3-12,26H,2,13H2,1H3. The van der Waals surface area contributed by atoms with Gasteiger partial charge in [-0.25, -0.2) is 0 Å². The summed E-state index contributed by atoms with van der Waals surface area (Å²) in [6.07, 6.45) is 4.37. The molecule has 3 aromatic rings. The first-order valence-electron chi connectivity index (χ1n) is 8.97. The van der Waals surface area contributed by atoms with Gasteiger partial charge in [-0.15, -0.1) is 0 Å². The Morgan fingerprint density at radius 2 is 1.96 bits per heavy atom. The van der Waals surface area contributed by atoms with Crippen LogP contribution in [0.25, 0.3) is 11.6 Å². The van der Waals surface area contributed by atoms with Crippen LogP contribution in [-0.2, 0) is 13.0 Å². The van der Waals surface area contributed by atoms with E-state index < -0.39 is 0 Å². The Labute approximate surface area is 165 Å². The van der Waals surface area contributed by atoms with Crippen molar-refractivity contribution in [3.8, 4) is 5.88 Å². The van der Waals surface area contributed by atoms with Gasteiger partial charge >= 0.3 is 4.87 Å². The van der Waals surface area contributed by atoms with E-state index in [2.05, 4.69) is 11.9 Å². The minimum Gasteiger partial charge on any atom is -0.493 e. The highest BCUT2D eigenvalue weighted by Crippen LogP contribution is 2.37. The molecule has 0 atom stereocenters. The van der Waals surface area contributed by atoms with Crippen molar-refractivity contribution in [2.24, 2.45) is 4.99 Å². The van der Waals surface area contributed by atoms with E-state index in [9.17, 15) is 14.7 Å². The molecule has 1 N–H and O–H groups in total. The van der Waals surface area contributed by atoms with Crippen LogP contribution < -0.4 is 4.87 Å². The molecule has 0 bridgehead atoms. The van der Waals surface area contributed by atoms with Crippen molar-refractivity contribution in [1.29, 1.82) is 0 Å². The molecular weight excluding hydrogens is 372 g/mol. The monoisotopic (exact) mass is 390 g/mol. The van der Waals surface area contributed by atoms with Crippen LogP contribution in [0.1, 0.15) is 33.3 Å². The molecule has 4 rings (SSSR count). The molecule has 2 heterocycles. The topological polar surface area (TPSA) is 71.7 Å². The summed E-state index contributed by atoms with van der Waals surface area (Å²) in [5.74, 6) is -0.421. The molecule has 0 amide bonds. The third-order valence-corrected chi connectivity index (χ3v) is 5.64. The number of thiazole rings is 1. The number of benzene rings is 2. The lowest BCUT2D eigenvalue weighted by atomic mass is 10.0. The van der Waals surface area contributed by atoms with Gasteiger partial charge in [-0.2, -0.15) is 0 Å². The second kappa shape index (κ2) is 7.40. The summed E-state index contributed by atoms with van der Waals surface area (Å²) in [4.78, 5) is 29.3. The number of rotatable bonds is 5. The van der Waals surface area contributed by atoms with Gasteiger partial charge in [0.2, 0.25) is 5.88 Å². The van der Waals surface area contributed by atoms with Crippen molar-refractivity contribution in [1.82, 2.24) is 4.57 Å². The normalized spacial score (nSPS) is 13.8. The largest absolute Gasteiger partial charge is 0.493 e. The molecule has 1 aliphatic heterocycles. The number of allylic oxidation sites excluding steroid dienone is 1. The molecular formula is C22H18N2O3S. The van der Waals surface area contributed by atoms with Crippen molar-refractivity contribution < 1.29 is 9.90 Å². The Kier molecular flexibility index (Phi) is 4.79. The molecule has 0 fully saturated rings. The number of para-hydroxylation sites is 1. The number of aromatic nitrogens is 1. The average Bonchev–Trinajstić information content (AvgIpc) is 3.25. The van der Waals surface area contributed by atoms with E-state index in [1.807, 2.05) is 24.3 Å². The Bertz CT molecular complexity index is 1170. The molecule has 0 saturated heterocycles. The lowest BCUT2D eigenvalue weighted by Gasteiger charge is -2.05. The summed E-state index contributed by atoms with van der Waals surface area (Å²) in [6.45, 7) is 1.88. The van der Waals surface area contributed by atoms with Gasteiger partial charge < -0.3 is 5.11 Å². The second-order valence-corrected chi connectivity index (χ2v) is 7.45. The first-order chi connectivity index (χ1) is 13.6. The number of ketones is 1. The molecule has 1 aliphatic rings. The Morgan fingerprint density at radius 3 is 2.71 bits per heavy atom. The van der Waals surface area contributed by atoms with Crippen LogP contribution in [0.2, 0.25) is 0 Å². The molecule has 0 aliphatic carbocycles. The average molecular weight is 390 g/mol. The number of aryl methyl sites for hydroxylation is 1. The maximum absolute atomic E-state index is 12.4. The van der Waals surface area contributed by atoms with Crippen LogP contribution >= 0.6 is 11.3 Å². The third kappa shape index (κ3) is 3.23. The summed E-state index contributed by atoms with van der Waals surface area (Å²) in [7, 11) is 0. The lowest BCUT2D eigenvalue weighted by Crippen LogP contribution is -2.18. The van der Waals surface area contributed by atoms with Crippen LogP contribution in [0.4, 0.5) is 5.69 Å². The molecule has 0 saturated carbocycles. The van der Waals surface area contributed by atoms with Crippen molar-refractivity contribution >= 4 is 40.7 Å². The first kappa shape index (κ1) is 18.1. The van der Waals surface area contributed by atoms with Gasteiger partial charge in [0.05, 0.1) is 17.1 Å².